The second-order valence-corrected chi connectivity index (χ2v) is 6.97. The molecular weight excluding hydrogens is 324 g/mol. The van der Waals surface area contributed by atoms with E-state index in [1.807, 2.05) is 23.1 Å². The number of guanidine groups is 1. The van der Waals surface area contributed by atoms with Crippen LogP contribution in [0.1, 0.15) is 24.5 Å². The molecule has 1 fully saturated rings. The average Bonchev–Trinajstić information content (AvgIpc) is 3.30. The van der Waals surface area contributed by atoms with Crippen LogP contribution in [0.15, 0.2) is 47.7 Å². The molecule has 6 heteroatoms. The number of hydrogen-bond acceptors (Lipinski definition) is 3. The molecule has 1 aromatic heterocycles. The molecule has 1 atom stereocenters. The predicted molar refractivity (Wildman–Crippen MR) is 106 cm³/mol. The summed E-state index contributed by atoms with van der Waals surface area (Å²) in [6, 6.07) is 10.4. The highest BCUT2D eigenvalue weighted by Crippen LogP contribution is 2.13. The lowest BCUT2D eigenvalue weighted by Gasteiger charge is -2.16. The topological polar surface area (TPSA) is 57.5 Å². The van der Waals surface area contributed by atoms with E-state index in [0.717, 1.165) is 25.6 Å². The molecule has 1 unspecified atom stereocenters. The summed E-state index contributed by atoms with van der Waals surface area (Å²) in [7, 11) is 2.19. The first-order chi connectivity index (χ1) is 12.7. The van der Waals surface area contributed by atoms with Gasteiger partial charge >= 0.3 is 0 Å². The molecule has 1 aromatic carbocycles. The lowest BCUT2D eigenvalue weighted by atomic mass is 10.1. The van der Waals surface area contributed by atoms with Gasteiger partial charge in [-0.25, -0.2) is 4.99 Å². The summed E-state index contributed by atoms with van der Waals surface area (Å²) < 4.78 is 1.95. The van der Waals surface area contributed by atoms with E-state index >= 15 is 0 Å². The number of likely N-dealkylation sites (tertiary alicyclic amines) is 1. The summed E-state index contributed by atoms with van der Waals surface area (Å²) in [5.74, 6) is 1.60. The van der Waals surface area contributed by atoms with Crippen LogP contribution in [-0.2, 0) is 13.1 Å². The Morgan fingerprint density at radius 2 is 2.08 bits per heavy atom. The van der Waals surface area contributed by atoms with Gasteiger partial charge in [-0.05, 0) is 50.0 Å². The van der Waals surface area contributed by atoms with Crippen LogP contribution < -0.4 is 10.6 Å². The van der Waals surface area contributed by atoms with Gasteiger partial charge in [0.1, 0.15) is 0 Å². The van der Waals surface area contributed by atoms with Gasteiger partial charge < -0.3 is 15.5 Å². The van der Waals surface area contributed by atoms with Gasteiger partial charge in [-0.2, -0.15) is 5.10 Å². The Bertz CT molecular complexity index is 694. The molecule has 0 radical (unpaired) electrons. The molecule has 26 heavy (non-hydrogen) atoms. The van der Waals surface area contributed by atoms with Crippen LogP contribution in [0.2, 0.25) is 0 Å². The second-order valence-electron chi connectivity index (χ2n) is 6.97. The summed E-state index contributed by atoms with van der Waals surface area (Å²) >= 11 is 0. The quantitative estimate of drug-likeness (QED) is 0.589. The highest BCUT2D eigenvalue weighted by atomic mass is 15.3. The second kappa shape index (κ2) is 9.38. The maximum absolute atomic E-state index is 4.80. The Morgan fingerprint density at radius 1 is 1.23 bits per heavy atom. The summed E-state index contributed by atoms with van der Waals surface area (Å²) in [5.41, 5.74) is 2.49. The fourth-order valence-electron chi connectivity index (χ4n) is 3.37. The van der Waals surface area contributed by atoms with Crippen LogP contribution in [0, 0.1) is 5.92 Å². The van der Waals surface area contributed by atoms with E-state index in [1.54, 1.807) is 0 Å². The fourth-order valence-corrected chi connectivity index (χ4v) is 3.37. The van der Waals surface area contributed by atoms with Gasteiger partial charge in [0.25, 0.3) is 0 Å². The van der Waals surface area contributed by atoms with Gasteiger partial charge in [0.05, 0.1) is 13.1 Å². The normalized spacial score (nSPS) is 18.2. The molecule has 2 heterocycles. The van der Waals surface area contributed by atoms with Crippen LogP contribution in [0.4, 0.5) is 0 Å². The van der Waals surface area contributed by atoms with Crippen molar-refractivity contribution in [1.82, 2.24) is 25.3 Å². The van der Waals surface area contributed by atoms with Crippen LogP contribution in [0.3, 0.4) is 0 Å². The van der Waals surface area contributed by atoms with Crippen molar-refractivity contribution in [2.75, 3.05) is 33.2 Å². The van der Waals surface area contributed by atoms with Gasteiger partial charge in [-0.15, -0.1) is 0 Å². The zero-order valence-electron chi connectivity index (χ0n) is 15.9. The lowest BCUT2D eigenvalue weighted by molar-refractivity contribution is 0.394. The number of aliphatic imine (C=N–C) groups is 1. The monoisotopic (exact) mass is 354 g/mol. The fraction of sp³-hybridized carbons (Fsp3) is 0.500. The molecule has 0 spiro atoms. The van der Waals surface area contributed by atoms with E-state index in [0.29, 0.717) is 12.5 Å². The van der Waals surface area contributed by atoms with Crippen LogP contribution >= 0.6 is 0 Å². The maximum atomic E-state index is 4.80. The van der Waals surface area contributed by atoms with E-state index in [1.165, 1.54) is 30.6 Å². The molecule has 0 amide bonds. The number of nitrogens with one attached hydrogen (secondary N) is 2. The molecule has 140 valence electrons. The SMILES string of the molecule is CCNC(=NCc1ccccc1Cn1cccn1)NCC1CCN(C)C1. The Kier molecular flexibility index (Phi) is 6.66. The lowest BCUT2D eigenvalue weighted by Crippen LogP contribution is -2.40. The highest BCUT2D eigenvalue weighted by Gasteiger charge is 2.19. The first-order valence-electron chi connectivity index (χ1n) is 9.49. The van der Waals surface area contributed by atoms with Crippen molar-refractivity contribution in [2.24, 2.45) is 10.9 Å². The van der Waals surface area contributed by atoms with E-state index < -0.39 is 0 Å². The van der Waals surface area contributed by atoms with Crippen molar-refractivity contribution in [3.63, 3.8) is 0 Å². The van der Waals surface area contributed by atoms with E-state index in [4.69, 9.17) is 4.99 Å². The molecule has 0 saturated carbocycles. The van der Waals surface area contributed by atoms with Gasteiger partial charge in [0, 0.05) is 32.0 Å². The van der Waals surface area contributed by atoms with Gasteiger partial charge in [-0.1, -0.05) is 24.3 Å². The van der Waals surface area contributed by atoms with E-state index in [2.05, 4.69) is 58.9 Å². The first kappa shape index (κ1) is 18.5. The minimum absolute atomic E-state index is 0.664. The van der Waals surface area contributed by atoms with Crippen molar-refractivity contribution in [2.45, 2.75) is 26.4 Å². The standard InChI is InChI=1S/C20H30N6/c1-3-21-20(22-13-17-9-12-25(2)15-17)23-14-18-7-4-5-8-19(18)16-26-11-6-10-24-26/h4-8,10-11,17H,3,9,12-16H2,1-2H3,(H2,21,22,23). The minimum Gasteiger partial charge on any atom is -0.357 e. The first-order valence-corrected chi connectivity index (χ1v) is 9.49. The number of nitrogens with zero attached hydrogens (tertiary/aromatic N) is 4. The third-order valence-electron chi connectivity index (χ3n) is 4.81. The number of benzene rings is 1. The Labute approximate surface area is 156 Å². The van der Waals surface area contributed by atoms with Crippen LogP contribution in [0.25, 0.3) is 0 Å². The Hall–Kier alpha value is -2.34. The zero-order valence-corrected chi connectivity index (χ0v) is 15.9. The third-order valence-corrected chi connectivity index (χ3v) is 4.81. The molecule has 0 aliphatic carbocycles. The third kappa shape index (κ3) is 5.33. The zero-order chi connectivity index (χ0) is 18.2. The largest absolute Gasteiger partial charge is 0.357 e. The smallest absolute Gasteiger partial charge is 0.191 e. The van der Waals surface area contributed by atoms with Crippen molar-refractivity contribution < 1.29 is 0 Å². The van der Waals surface area contributed by atoms with E-state index in [9.17, 15) is 0 Å². The summed E-state index contributed by atoms with van der Waals surface area (Å²) in [5, 5.41) is 11.2. The number of rotatable bonds is 7. The molecule has 1 saturated heterocycles. The molecule has 3 rings (SSSR count). The summed E-state index contributed by atoms with van der Waals surface area (Å²) in [6.45, 7) is 7.75. The molecule has 0 bridgehead atoms. The van der Waals surface area contributed by atoms with Crippen molar-refractivity contribution in [3.05, 3.63) is 53.9 Å². The van der Waals surface area contributed by atoms with Gasteiger partial charge in [0.15, 0.2) is 5.96 Å². The molecule has 6 nitrogen and oxygen atoms in total. The van der Waals surface area contributed by atoms with E-state index in [-0.39, 0.29) is 0 Å². The molecule has 2 aromatic rings. The van der Waals surface area contributed by atoms with Gasteiger partial charge in [0.2, 0.25) is 0 Å². The number of aromatic nitrogens is 2. The Balaban J connectivity index is 1.61. The molecule has 2 N–H and O–H groups in total. The van der Waals surface area contributed by atoms with Crippen LogP contribution in [-0.4, -0.2) is 53.9 Å². The van der Waals surface area contributed by atoms with Crippen LogP contribution in [0.5, 0.6) is 0 Å². The van der Waals surface area contributed by atoms with Crippen molar-refractivity contribution in [3.8, 4) is 0 Å². The Morgan fingerprint density at radius 3 is 2.77 bits per heavy atom. The van der Waals surface area contributed by atoms with Crippen molar-refractivity contribution >= 4 is 5.96 Å². The average molecular weight is 355 g/mol. The highest BCUT2D eigenvalue weighted by molar-refractivity contribution is 5.79. The minimum atomic E-state index is 0.664. The molecule has 1 aliphatic heterocycles. The van der Waals surface area contributed by atoms with Gasteiger partial charge in [-0.3, -0.25) is 4.68 Å². The maximum Gasteiger partial charge on any atom is 0.191 e. The van der Waals surface area contributed by atoms with Crippen molar-refractivity contribution in [1.29, 1.82) is 0 Å². The number of hydrogen-bond donors (Lipinski definition) is 2. The molecule has 1 aliphatic rings. The summed E-state index contributed by atoms with van der Waals surface area (Å²) in [4.78, 5) is 7.20. The summed E-state index contributed by atoms with van der Waals surface area (Å²) in [6.07, 6.45) is 5.06. The molecular formula is C20H30N6. The predicted octanol–water partition coefficient (Wildman–Crippen LogP) is 1.94.